The topological polar surface area (TPSA) is 76.3 Å². The minimum Gasteiger partial charge on any atom is -0.355 e. The molecule has 7 heteroatoms. The number of aromatic nitrogens is 2. The van der Waals surface area contributed by atoms with Crippen LogP contribution in [0.3, 0.4) is 0 Å². The standard InChI is InChI=1S/C27H34N4O3/c1-29(22-13-6-3-7-14-22)18-10-17-28-25(32)20-31-24-16-9-8-15-23(24)30(26(33)27(31)34)19-21-11-4-2-5-12-21/h2,4-5,8-9,11-12,15-16,22H,3,6-7,10,13-14,17-20H2,1H3,(H,28,32). The Hall–Kier alpha value is -3.19. The van der Waals surface area contributed by atoms with Crippen LogP contribution in [-0.2, 0) is 17.9 Å². The zero-order valence-electron chi connectivity index (χ0n) is 19.9. The summed E-state index contributed by atoms with van der Waals surface area (Å²) >= 11 is 0. The van der Waals surface area contributed by atoms with Crippen LogP contribution in [0.2, 0.25) is 0 Å². The monoisotopic (exact) mass is 462 g/mol. The molecule has 0 bridgehead atoms. The van der Waals surface area contributed by atoms with Gasteiger partial charge in [0.1, 0.15) is 6.54 Å². The van der Waals surface area contributed by atoms with Crippen molar-refractivity contribution in [2.24, 2.45) is 0 Å². The number of carbonyl (C=O) groups excluding carboxylic acids is 1. The Bertz CT molecular complexity index is 1230. The Morgan fingerprint density at radius 1 is 0.912 bits per heavy atom. The minimum absolute atomic E-state index is 0.167. The van der Waals surface area contributed by atoms with Gasteiger partial charge in [0.25, 0.3) is 0 Å². The van der Waals surface area contributed by atoms with Gasteiger partial charge < -0.3 is 10.2 Å². The zero-order chi connectivity index (χ0) is 23.9. The Labute approximate surface area is 200 Å². The molecular weight excluding hydrogens is 428 g/mol. The molecule has 7 nitrogen and oxygen atoms in total. The summed E-state index contributed by atoms with van der Waals surface area (Å²) < 4.78 is 2.78. The minimum atomic E-state index is -0.679. The van der Waals surface area contributed by atoms with Crippen LogP contribution in [-0.4, -0.2) is 46.1 Å². The lowest BCUT2D eigenvalue weighted by Crippen LogP contribution is -2.44. The average molecular weight is 463 g/mol. The van der Waals surface area contributed by atoms with E-state index in [-0.39, 0.29) is 12.5 Å². The molecule has 4 rings (SSSR count). The number of fused-ring (bicyclic) bond motifs is 1. The molecule has 0 saturated heterocycles. The molecule has 0 spiro atoms. The van der Waals surface area contributed by atoms with Crippen molar-refractivity contribution in [3.05, 3.63) is 80.9 Å². The SMILES string of the molecule is CN(CCCNC(=O)Cn1c(=O)c(=O)n(Cc2ccccc2)c2ccccc21)C1CCCCC1. The van der Waals surface area contributed by atoms with Gasteiger partial charge in [-0.15, -0.1) is 0 Å². The van der Waals surface area contributed by atoms with E-state index in [1.54, 1.807) is 6.07 Å². The van der Waals surface area contributed by atoms with Crippen LogP contribution in [0.25, 0.3) is 11.0 Å². The molecule has 1 fully saturated rings. The third-order valence-corrected chi connectivity index (χ3v) is 6.83. The summed E-state index contributed by atoms with van der Waals surface area (Å²) in [6.07, 6.45) is 7.32. The lowest BCUT2D eigenvalue weighted by Gasteiger charge is -2.31. The molecule has 2 aromatic carbocycles. The van der Waals surface area contributed by atoms with Crippen LogP contribution >= 0.6 is 0 Å². The van der Waals surface area contributed by atoms with Gasteiger partial charge in [-0.3, -0.25) is 23.5 Å². The van der Waals surface area contributed by atoms with Gasteiger partial charge in [-0.1, -0.05) is 61.7 Å². The first-order chi connectivity index (χ1) is 16.5. The summed E-state index contributed by atoms with van der Waals surface area (Å²) in [5, 5.41) is 2.92. The van der Waals surface area contributed by atoms with Crippen molar-refractivity contribution in [3.63, 3.8) is 0 Å². The highest BCUT2D eigenvalue weighted by atomic mass is 16.2. The van der Waals surface area contributed by atoms with E-state index in [9.17, 15) is 14.4 Å². The fourth-order valence-corrected chi connectivity index (χ4v) is 4.91. The Kier molecular flexibility index (Phi) is 7.95. The second kappa shape index (κ2) is 11.3. The van der Waals surface area contributed by atoms with Crippen molar-refractivity contribution in [2.45, 2.75) is 57.7 Å². The third kappa shape index (κ3) is 5.65. The van der Waals surface area contributed by atoms with Crippen molar-refractivity contribution in [2.75, 3.05) is 20.1 Å². The number of nitrogens with zero attached hydrogens (tertiary/aromatic N) is 3. The predicted molar refractivity (Wildman–Crippen MR) is 135 cm³/mol. The van der Waals surface area contributed by atoms with Crippen LogP contribution in [0.15, 0.2) is 64.2 Å². The molecule has 1 aliphatic rings. The van der Waals surface area contributed by atoms with Crippen LogP contribution in [0.4, 0.5) is 0 Å². The Morgan fingerprint density at radius 3 is 2.24 bits per heavy atom. The quantitative estimate of drug-likeness (QED) is 0.392. The lowest BCUT2D eigenvalue weighted by atomic mass is 9.94. The number of hydrogen-bond acceptors (Lipinski definition) is 4. The van der Waals surface area contributed by atoms with Crippen molar-refractivity contribution >= 4 is 16.9 Å². The predicted octanol–water partition coefficient (Wildman–Crippen LogP) is 2.98. The van der Waals surface area contributed by atoms with Crippen molar-refractivity contribution in [1.29, 1.82) is 0 Å². The fourth-order valence-electron chi connectivity index (χ4n) is 4.91. The van der Waals surface area contributed by atoms with E-state index >= 15 is 0 Å². The third-order valence-electron chi connectivity index (χ3n) is 6.83. The average Bonchev–Trinajstić information content (AvgIpc) is 2.88. The summed E-state index contributed by atoms with van der Waals surface area (Å²) in [6, 6.07) is 17.5. The second-order valence-electron chi connectivity index (χ2n) is 9.23. The van der Waals surface area contributed by atoms with Crippen molar-refractivity contribution in [3.8, 4) is 0 Å². The Morgan fingerprint density at radius 2 is 1.53 bits per heavy atom. The van der Waals surface area contributed by atoms with Crippen LogP contribution in [0.1, 0.15) is 44.1 Å². The van der Waals surface area contributed by atoms with E-state index in [1.165, 1.54) is 41.2 Å². The highest BCUT2D eigenvalue weighted by molar-refractivity contribution is 5.80. The molecule has 1 aromatic heterocycles. The number of para-hydroxylation sites is 2. The van der Waals surface area contributed by atoms with E-state index in [0.29, 0.717) is 30.2 Å². The van der Waals surface area contributed by atoms with E-state index in [0.717, 1.165) is 18.5 Å². The molecule has 0 aliphatic heterocycles. The number of carbonyl (C=O) groups is 1. The maximum Gasteiger partial charge on any atom is 0.317 e. The second-order valence-corrected chi connectivity index (χ2v) is 9.23. The smallest absolute Gasteiger partial charge is 0.317 e. The molecule has 1 saturated carbocycles. The molecule has 1 heterocycles. The van der Waals surface area contributed by atoms with Gasteiger partial charge in [0.2, 0.25) is 5.91 Å². The maximum atomic E-state index is 13.0. The largest absolute Gasteiger partial charge is 0.355 e. The highest BCUT2D eigenvalue weighted by Gasteiger charge is 2.18. The summed E-state index contributed by atoms with van der Waals surface area (Å²) in [5.74, 6) is -0.257. The van der Waals surface area contributed by atoms with Crippen LogP contribution < -0.4 is 16.4 Å². The Balaban J connectivity index is 1.43. The molecular formula is C27H34N4O3. The molecule has 0 radical (unpaired) electrons. The van der Waals surface area contributed by atoms with Gasteiger partial charge in [-0.05, 0) is 50.6 Å². The van der Waals surface area contributed by atoms with E-state index in [2.05, 4.69) is 17.3 Å². The van der Waals surface area contributed by atoms with Crippen LogP contribution in [0, 0.1) is 0 Å². The van der Waals surface area contributed by atoms with Crippen molar-refractivity contribution < 1.29 is 4.79 Å². The first-order valence-corrected chi connectivity index (χ1v) is 12.3. The molecule has 1 N–H and O–H groups in total. The summed E-state index contributed by atoms with van der Waals surface area (Å²) in [6.45, 7) is 1.62. The molecule has 180 valence electrons. The van der Waals surface area contributed by atoms with Gasteiger partial charge in [0.15, 0.2) is 0 Å². The first kappa shape index (κ1) is 24.0. The summed E-state index contributed by atoms with van der Waals surface area (Å²) in [4.78, 5) is 41.0. The van der Waals surface area contributed by atoms with Gasteiger partial charge in [0, 0.05) is 12.6 Å². The normalized spacial score (nSPS) is 14.5. The fraction of sp³-hybridized carbons (Fsp3) is 0.444. The van der Waals surface area contributed by atoms with E-state index < -0.39 is 11.1 Å². The van der Waals surface area contributed by atoms with Gasteiger partial charge in [0.05, 0.1) is 17.6 Å². The van der Waals surface area contributed by atoms with E-state index in [1.807, 2.05) is 48.5 Å². The molecule has 34 heavy (non-hydrogen) atoms. The number of amides is 1. The highest BCUT2D eigenvalue weighted by Crippen LogP contribution is 2.21. The summed E-state index contributed by atoms with van der Waals surface area (Å²) in [5.41, 5.74) is 0.849. The lowest BCUT2D eigenvalue weighted by molar-refractivity contribution is -0.121. The number of hydrogen-bond donors (Lipinski definition) is 1. The molecule has 0 atom stereocenters. The molecule has 1 aliphatic carbocycles. The maximum absolute atomic E-state index is 13.0. The van der Waals surface area contributed by atoms with Gasteiger partial charge in [-0.25, -0.2) is 0 Å². The number of rotatable bonds is 9. The molecule has 0 unspecified atom stereocenters. The number of benzene rings is 2. The van der Waals surface area contributed by atoms with E-state index in [4.69, 9.17) is 0 Å². The molecule has 3 aromatic rings. The molecule has 1 amide bonds. The summed E-state index contributed by atoms with van der Waals surface area (Å²) in [7, 11) is 2.16. The van der Waals surface area contributed by atoms with Crippen LogP contribution in [0.5, 0.6) is 0 Å². The van der Waals surface area contributed by atoms with Gasteiger partial charge >= 0.3 is 11.1 Å². The number of nitrogens with one attached hydrogen (secondary N) is 1. The zero-order valence-corrected chi connectivity index (χ0v) is 19.9. The van der Waals surface area contributed by atoms with Crippen molar-refractivity contribution in [1.82, 2.24) is 19.4 Å². The van der Waals surface area contributed by atoms with Gasteiger partial charge in [-0.2, -0.15) is 0 Å². The first-order valence-electron chi connectivity index (χ1n) is 12.3.